The van der Waals surface area contributed by atoms with Crippen LogP contribution in [-0.4, -0.2) is 29.1 Å². The maximum Gasteiger partial charge on any atom is 0.308 e. The summed E-state index contributed by atoms with van der Waals surface area (Å²) in [5, 5.41) is 9.57. The van der Waals surface area contributed by atoms with E-state index in [4.69, 9.17) is 0 Å². The second-order valence-corrected chi connectivity index (χ2v) is 6.15. The van der Waals surface area contributed by atoms with Crippen molar-refractivity contribution in [2.45, 2.75) is 19.4 Å². The van der Waals surface area contributed by atoms with Crippen molar-refractivity contribution in [1.29, 1.82) is 0 Å². The molecule has 1 fully saturated rings. The maximum atomic E-state index is 11.6. The zero-order valence-electron chi connectivity index (χ0n) is 12.8. The molecule has 2 atom stereocenters. The average molecular weight is 295 g/mol. The lowest BCUT2D eigenvalue weighted by atomic mass is 9.88. The number of aliphatic carboxylic acids is 1. The topological polar surface area (TPSA) is 40.5 Å². The molecule has 1 aliphatic rings. The number of carboxylic acid groups (broad SMARTS) is 1. The van der Waals surface area contributed by atoms with Crippen molar-refractivity contribution in [1.82, 2.24) is 4.90 Å². The van der Waals surface area contributed by atoms with Gasteiger partial charge in [-0.25, -0.2) is 0 Å². The molecule has 22 heavy (non-hydrogen) atoms. The number of aryl methyl sites for hydroxylation is 1. The van der Waals surface area contributed by atoms with Crippen LogP contribution in [0.25, 0.3) is 0 Å². The summed E-state index contributed by atoms with van der Waals surface area (Å²) in [7, 11) is 0. The number of rotatable bonds is 4. The summed E-state index contributed by atoms with van der Waals surface area (Å²) in [4.78, 5) is 13.9. The van der Waals surface area contributed by atoms with Crippen LogP contribution >= 0.6 is 0 Å². The van der Waals surface area contributed by atoms with Crippen LogP contribution in [0.5, 0.6) is 0 Å². The zero-order valence-corrected chi connectivity index (χ0v) is 12.8. The molecule has 3 nitrogen and oxygen atoms in total. The Hall–Kier alpha value is -2.13. The lowest BCUT2D eigenvalue weighted by Gasteiger charge is -2.16. The number of benzene rings is 2. The van der Waals surface area contributed by atoms with Crippen molar-refractivity contribution < 1.29 is 9.90 Å². The molecule has 1 heterocycles. The van der Waals surface area contributed by atoms with Crippen LogP contribution in [0.2, 0.25) is 0 Å². The SMILES string of the molecule is Cc1cccc([C@H]2CN(Cc3ccccc3)C[C@@H]2C(=O)O)c1. The Morgan fingerprint density at radius 3 is 2.59 bits per heavy atom. The molecule has 0 radical (unpaired) electrons. The quantitative estimate of drug-likeness (QED) is 0.941. The van der Waals surface area contributed by atoms with E-state index in [-0.39, 0.29) is 11.8 Å². The largest absolute Gasteiger partial charge is 0.481 e. The first-order valence-corrected chi connectivity index (χ1v) is 7.69. The number of hydrogen-bond donors (Lipinski definition) is 1. The van der Waals surface area contributed by atoms with Crippen molar-refractivity contribution in [2.75, 3.05) is 13.1 Å². The predicted octanol–water partition coefficient (Wildman–Crippen LogP) is 3.30. The van der Waals surface area contributed by atoms with Gasteiger partial charge in [0.25, 0.3) is 0 Å². The van der Waals surface area contributed by atoms with E-state index in [2.05, 4.69) is 42.2 Å². The summed E-state index contributed by atoms with van der Waals surface area (Å²) in [5.74, 6) is -0.950. The molecule has 0 bridgehead atoms. The highest BCUT2D eigenvalue weighted by atomic mass is 16.4. The average Bonchev–Trinajstić information content (AvgIpc) is 2.92. The van der Waals surface area contributed by atoms with Crippen LogP contribution in [0.15, 0.2) is 54.6 Å². The third-order valence-corrected chi connectivity index (χ3v) is 4.43. The fourth-order valence-corrected chi connectivity index (χ4v) is 3.34. The minimum atomic E-state index is -0.693. The molecule has 114 valence electrons. The number of carbonyl (C=O) groups is 1. The lowest BCUT2D eigenvalue weighted by Crippen LogP contribution is -2.23. The molecule has 3 heteroatoms. The van der Waals surface area contributed by atoms with Crippen LogP contribution in [0.3, 0.4) is 0 Å². The van der Waals surface area contributed by atoms with Gasteiger partial charge in [0, 0.05) is 25.6 Å². The highest BCUT2D eigenvalue weighted by Crippen LogP contribution is 2.34. The van der Waals surface area contributed by atoms with Gasteiger partial charge >= 0.3 is 5.97 Å². The molecule has 2 aromatic rings. The molecule has 0 saturated carbocycles. The van der Waals surface area contributed by atoms with Crippen LogP contribution in [0, 0.1) is 12.8 Å². The van der Waals surface area contributed by atoms with E-state index in [9.17, 15) is 9.90 Å². The summed E-state index contributed by atoms with van der Waals surface area (Å²) < 4.78 is 0. The third-order valence-electron chi connectivity index (χ3n) is 4.43. The molecule has 1 aliphatic heterocycles. The molecule has 1 saturated heterocycles. The Balaban J connectivity index is 1.79. The monoisotopic (exact) mass is 295 g/mol. The third kappa shape index (κ3) is 3.20. The zero-order chi connectivity index (χ0) is 15.5. The number of hydrogen-bond acceptors (Lipinski definition) is 2. The van der Waals surface area contributed by atoms with Crippen LogP contribution in [0.4, 0.5) is 0 Å². The molecule has 0 unspecified atom stereocenters. The number of carboxylic acids is 1. The van der Waals surface area contributed by atoms with Crippen LogP contribution < -0.4 is 0 Å². The first-order valence-electron chi connectivity index (χ1n) is 7.69. The van der Waals surface area contributed by atoms with Crippen molar-refractivity contribution in [2.24, 2.45) is 5.92 Å². The standard InChI is InChI=1S/C19H21NO2/c1-14-6-5-9-16(10-14)17-12-20(13-18(17)19(21)22)11-15-7-3-2-4-8-15/h2-10,17-18H,11-13H2,1H3,(H,21,22)/t17-,18+/m1/s1. The predicted molar refractivity (Wildman–Crippen MR) is 86.8 cm³/mol. The second kappa shape index (κ2) is 6.32. The van der Waals surface area contributed by atoms with E-state index in [0.717, 1.165) is 18.7 Å². The van der Waals surface area contributed by atoms with Gasteiger partial charge in [0.2, 0.25) is 0 Å². The molecule has 0 aromatic heterocycles. The minimum Gasteiger partial charge on any atom is -0.481 e. The second-order valence-electron chi connectivity index (χ2n) is 6.15. The van der Waals surface area contributed by atoms with Gasteiger partial charge in [-0.2, -0.15) is 0 Å². The smallest absolute Gasteiger partial charge is 0.308 e. The molecule has 0 aliphatic carbocycles. The van der Waals surface area contributed by atoms with Gasteiger partial charge in [0.05, 0.1) is 5.92 Å². The molecule has 0 amide bonds. The first-order chi connectivity index (χ1) is 10.6. The maximum absolute atomic E-state index is 11.6. The van der Waals surface area contributed by atoms with Crippen molar-refractivity contribution in [3.05, 3.63) is 71.3 Å². The van der Waals surface area contributed by atoms with Crippen LogP contribution in [-0.2, 0) is 11.3 Å². The number of nitrogens with zero attached hydrogens (tertiary/aromatic N) is 1. The Bertz CT molecular complexity index is 653. The van der Waals surface area contributed by atoms with Gasteiger partial charge in [-0.3, -0.25) is 9.69 Å². The fraction of sp³-hybridized carbons (Fsp3) is 0.316. The summed E-state index contributed by atoms with van der Waals surface area (Å²) in [5.41, 5.74) is 3.56. The van der Waals surface area contributed by atoms with E-state index in [1.54, 1.807) is 0 Å². The minimum absolute atomic E-state index is 0.0705. The van der Waals surface area contributed by atoms with Gasteiger partial charge in [-0.1, -0.05) is 60.2 Å². The van der Waals surface area contributed by atoms with Crippen LogP contribution in [0.1, 0.15) is 22.6 Å². The van der Waals surface area contributed by atoms with E-state index < -0.39 is 5.97 Å². The Morgan fingerprint density at radius 1 is 1.14 bits per heavy atom. The van der Waals surface area contributed by atoms with Gasteiger partial charge in [-0.15, -0.1) is 0 Å². The Labute approximate surface area is 131 Å². The van der Waals surface area contributed by atoms with E-state index >= 15 is 0 Å². The van der Waals surface area contributed by atoms with Crippen molar-refractivity contribution >= 4 is 5.97 Å². The molecular weight excluding hydrogens is 274 g/mol. The summed E-state index contributed by atoms with van der Waals surface area (Å²) in [6.07, 6.45) is 0. The Kier molecular flexibility index (Phi) is 4.25. The molecule has 1 N–H and O–H groups in total. The van der Waals surface area contributed by atoms with E-state index in [1.807, 2.05) is 24.3 Å². The molecule has 3 rings (SSSR count). The summed E-state index contributed by atoms with van der Waals surface area (Å²) in [6, 6.07) is 18.5. The van der Waals surface area contributed by atoms with Gasteiger partial charge < -0.3 is 5.11 Å². The molecular formula is C19H21NO2. The summed E-state index contributed by atoms with van der Waals surface area (Å²) >= 11 is 0. The normalized spacial score (nSPS) is 21.9. The molecule has 0 spiro atoms. The first kappa shape index (κ1) is 14.8. The Morgan fingerprint density at radius 2 is 1.91 bits per heavy atom. The summed E-state index contributed by atoms with van der Waals surface area (Å²) in [6.45, 7) is 4.28. The fourth-order valence-electron chi connectivity index (χ4n) is 3.34. The molecule has 2 aromatic carbocycles. The van der Waals surface area contributed by atoms with Gasteiger partial charge in [0.15, 0.2) is 0 Å². The highest BCUT2D eigenvalue weighted by molar-refractivity contribution is 5.72. The number of likely N-dealkylation sites (tertiary alicyclic amines) is 1. The lowest BCUT2D eigenvalue weighted by molar-refractivity contribution is -0.141. The van der Waals surface area contributed by atoms with E-state index in [1.165, 1.54) is 11.1 Å². The van der Waals surface area contributed by atoms with E-state index in [0.29, 0.717) is 6.54 Å². The highest BCUT2D eigenvalue weighted by Gasteiger charge is 2.38. The van der Waals surface area contributed by atoms with Gasteiger partial charge in [0.1, 0.15) is 0 Å². The van der Waals surface area contributed by atoms with Crippen molar-refractivity contribution in [3.63, 3.8) is 0 Å². The van der Waals surface area contributed by atoms with Gasteiger partial charge in [-0.05, 0) is 18.1 Å². The van der Waals surface area contributed by atoms with Crippen molar-refractivity contribution in [3.8, 4) is 0 Å².